The van der Waals surface area contributed by atoms with E-state index in [-0.39, 0.29) is 11.5 Å². The summed E-state index contributed by atoms with van der Waals surface area (Å²) in [5.41, 5.74) is 0.0961. The number of hydrogen-bond donors (Lipinski definition) is 2. The maximum absolute atomic E-state index is 9.56. The summed E-state index contributed by atoms with van der Waals surface area (Å²) >= 11 is 0. The van der Waals surface area contributed by atoms with Crippen molar-refractivity contribution in [3.63, 3.8) is 0 Å². The second-order valence-corrected chi connectivity index (χ2v) is 5.57. The van der Waals surface area contributed by atoms with Gasteiger partial charge in [-0.05, 0) is 25.2 Å². The van der Waals surface area contributed by atoms with Gasteiger partial charge in [0.25, 0.3) is 0 Å². The van der Waals surface area contributed by atoms with Crippen LogP contribution < -0.4 is 5.32 Å². The zero-order chi connectivity index (χ0) is 9.64. The van der Waals surface area contributed by atoms with Crippen LogP contribution in [0.3, 0.4) is 0 Å². The molecule has 13 heavy (non-hydrogen) atoms. The summed E-state index contributed by atoms with van der Waals surface area (Å²) in [6.45, 7) is 6.61. The standard InChI is InChI=1S/C11H21NO/c1-7-4-8(5-7)12-9-6-10(13)11(9,2)3/h7-10,12-13H,4-6H2,1-3H3. The Morgan fingerprint density at radius 3 is 2.23 bits per heavy atom. The lowest BCUT2D eigenvalue weighted by Gasteiger charge is -2.52. The predicted octanol–water partition coefficient (Wildman–Crippen LogP) is 1.53. The Kier molecular flexibility index (Phi) is 2.16. The average Bonchev–Trinajstić information content (AvgIpc) is 2.00. The van der Waals surface area contributed by atoms with Crippen molar-refractivity contribution in [2.45, 2.75) is 58.2 Å². The molecule has 2 atom stereocenters. The van der Waals surface area contributed by atoms with Gasteiger partial charge < -0.3 is 10.4 Å². The van der Waals surface area contributed by atoms with Gasteiger partial charge in [0.2, 0.25) is 0 Å². The molecule has 0 spiro atoms. The van der Waals surface area contributed by atoms with Gasteiger partial charge in [-0.1, -0.05) is 20.8 Å². The average molecular weight is 183 g/mol. The fourth-order valence-electron chi connectivity index (χ4n) is 2.51. The molecular weight excluding hydrogens is 162 g/mol. The summed E-state index contributed by atoms with van der Waals surface area (Å²) in [7, 11) is 0. The first-order valence-electron chi connectivity index (χ1n) is 5.44. The molecule has 2 aliphatic carbocycles. The number of aliphatic hydroxyl groups excluding tert-OH is 1. The van der Waals surface area contributed by atoms with Crippen molar-refractivity contribution in [3.05, 3.63) is 0 Å². The molecular formula is C11H21NO. The third kappa shape index (κ3) is 1.50. The Balaban J connectivity index is 1.78. The van der Waals surface area contributed by atoms with Gasteiger partial charge in [0.15, 0.2) is 0 Å². The van der Waals surface area contributed by atoms with Crippen molar-refractivity contribution in [1.82, 2.24) is 5.32 Å². The highest BCUT2D eigenvalue weighted by Gasteiger charge is 2.48. The van der Waals surface area contributed by atoms with Gasteiger partial charge in [-0.15, -0.1) is 0 Å². The van der Waals surface area contributed by atoms with Crippen molar-refractivity contribution in [3.8, 4) is 0 Å². The van der Waals surface area contributed by atoms with E-state index in [2.05, 4.69) is 26.1 Å². The first-order valence-corrected chi connectivity index (χ1v) is 5.44. The minimum atomic E-state index is -0.0949. The van der Waals surface area contributed by atoms with E-state index in [1.807, 2.05) is 0 Å². The van der Waals surface area contributed by atoms with Crippen LogP contribution in [-0.4, -0.2) is 23.3 Å². The Bertz CT molecular complexity index is 196. The number of aliphatic hydroxyl groups is 1. The van der Waals surface area contributed by atoms with Gasteiger partial charge in [0, 0.05) is 17.5 Å². The van der Waals surface area contributed by atoms with Gasteiger partial charge in [-0.25, -0.2) is 0 Å². The van der Waals surface area contributed by atoms with Crippen molar-refractivity contribution >= 4 is 0 Å². The van der Waals surface area contributed by atoms with Crippen molar-refractivity contribution in [2.75, 3.05) is 0 Å². The molecule has 0 aliphatic heterocycles. The summed E-state index contributed by atoms with van der Waals surface area (Å²) < 4.78 is 0. The van der Waals surface area contributed by atoms with Crippen LogP contribution in [-0.2, 0) is 0 Å². The van der Waals surface area contributed by atoms with Crippen molar-refractivity contribution in [1.29, 1.82) is 0 Å². The molecule has 2 nitrogen and oxygen atoms in total. The van der Waals surface area contributed by atoms with Crippen LogP contribution in [0.15, 0.2) is 0 Å². The molecule has 2 rings (SSSR count). The van der Waals surface area contributed by atoms with Crippen molar-refractivity contribution in [2.24, 2.45) is 11.3 Å². The number of nitrogens with one attached hydrogen (secondary N) is 1. The maximum Gasteiger partial charge on any atom is 0.0621 e. The SMILES string of the molecule is CC1CC(NC2CC(O)C2(C)C)C1. The van der Waals surface area contributed by atoms with E-state index in [1.54, 1.807) is 0 Å². The molecule has 76 valence electrons. The molecule has 0 bridgehead atoms. The lowest BCUT2D eigenvalue weighted by molar-refractivity contribution is -0.0803. The molecule has 0 aromatic rings. The van der Waals surface area contributed by atoms with Crippen LogP contribution in [0.2, 0.25) is 0 Å². The van der Waals surface area contributed by atoms with Crippen LogP contribution in [0.25, 0.3) is 0 Å². The van der Waals surface area contributed by atoms with Gasteiger partial charge >= 0.3 is 0 Å². The first-order chi connectivity index (χ1) is 6.00. The van der Waals surface area contributed by atoms with E-state index in [4.69, 9.17) is 0 Å². The number of rotatable bonds is 2. The van der Waals surface area contributed by atoms with Crippen LogP contribution in [0, 0.1) is 11.3 Å². The molecule has 0 aromatic carbocycles. The highest BCUT2D eigenvalue weighted by atomic mass is 16.3. The third-order valence-corrected chi connectivity index (χ3v) is 4.03. The molecule has 0 heterocycles. The van der Waals surface area contributed by atoms with Gasteiger partial charge in [-0.3, -0.25) is 0 Å². The topological polar surface area (TPSA) is 32.3 Å². The first kappa shape index (κ1) is 9.47. The van der Waals surface area contributed by atoms with Crippen LogP contribution in [0.5, 0.6) is 0 Å². The smallest absolute Gasteiger partial charge is 0.0621 e. The molecule has 0 aromatic heterocycles. The Hall–Kier alpha value is -0.0800. The summed E-state index contributed by atoms with van der Waals surface area (Å²) in [6.07, 6.45) is 3.49. The molecule has 2 unspecified atom stereocenters. The molecule has 2 heteroatoms. The molecule has 0 saturated heterocycles. The molecule has 2 saturated carbocycles. The second-order valence-electron chi connectivity index (χ2n) is 5.57. The van der Waals surface area contributed by atoms with Gasteiger partial charge in [-0.2, -0.15) is 0 Å². The Morgan fingerprint density at radius 1 is 1.23 bits per heavy atom. The van der Waals surface area contributed by atoms with Gasteiger partial charge in [0.1, 0.15) is 0 Å². The van der Waals surface area contributed by atoms with E-state index < -0.39 is 0 Å². The molecule has 2 fully saturated rings. The lowest BCUT2D eigenvalue weighted by atomic mass is 9.64. The van der Waals surface area contributed by atoms with E-state index in [1.165, 1.54) is 12.8 Å². The van der Waals surface area contributed by atoms with Crippen LogP contribution in [0.4, 0.5) is 0 Å². The molecule has 0 radical (unpaired) electrons. The summed E-state index contributed by atoms with van der Waals surface area (Å²) in [4.78, 5) is 0. The predicted molar refractivity (Wildman–Crippen MR) is 53.5 cm³/mol. The minimum Gasteiger partial charge on any atom is -0.392 e. The Morgan fingerprint density at radius 2 is 1.85 bits per heavy atom. The van der Waals surface area contributed by atoms with E-state index in [0.29, 0.717) is 6.04 Å². The van der Waals surface area contributed by atoms with E-state index >= 15 is 0 Å². The van der Waals surface area contributed by atoms with Crippen molar-refractivity contribution < 1.29 is 5.11 Å². The quantitative estimate of drug-likeness (QED) is 0.680. The largest absolute Gasteiger partial charge is 0.392 e. The van der Waals surface area contributed by atoms with E-state index in [9.17, 15) is 5.11 Å². The van der Waals surface area contributed by atoms with Gasteiger partial charge in [0.05, 0.1) is 6.10 Å². The second kappa shape index (κ2) is 2.96. The molecule has 2 aliphatic rings. The fraction of sp³-hybridized carbons (Fsp3) is 1.00. The minimum absolute atomic E-state index is 0.0949. The lowest BCUT2D eigenvalue weighted by Crippen LogP contribution is -2.63. The van der Waals surface area contributed by atoms with Crippen LogP contribution in [0.1, 0.15) is 40.0 Å². The summed E-state index contributed by atoms with van der Waals surface area (Å²) in [5.74, 6) is 0.908. The summed E-state index contributed by atoms with van der Waals surface area (Å²) in [6, 6.07) is 1.27. The molecule has 0 amide bonds. The number of hydrogen-bond acceptors (Lipinski definition) is 2. The monoisotopic (exact) mass is 183 g/mol. The maximum atomic E-state index is 9.56. The summed E-state index contributed by atoms with van der Waals surface area (Å²) in [5, 5.41) is 13.2. The zero-order valence-corrected chi connectivity index (χ0v) is 8.88. The fourth-order valence-corrected chi connectivity index (χ4v) is 2.51. The van der Waals surface area contributed by atoms with Crippen LogP contribution >= 0.6 is 0 Å². The molecule has 2 N–H and O–H groups in total. The zero-order valence-electron chi connectivity index (χ0n) is 8.88. The van der Waals surface area contributed by atoms with E-state index in [0.717, 1.165) is 18.4 Å². The normalized spacial score (nSPS) is 48.0. The third-order valence-electron chi connectivity index (χ3n) is 4.03. The Labute approximate surface area is 80.7 Å². The highest BCUT2D eigenvalue weighted by Crippen LogP contribution is 2.42. The highest BCUT2D eigenvalue weighted by molar-refractivity contribution is 5.03.